The standard InChI is InChI=1S/C12H15FN2O/c13-10-5-3-9(4-6-10)12(16)15-7-1-2-11(15)8-14/h3-6,11H,1-2,7-8,14H2. The highest BCUT2D eigenvalue weighted by Gasteiger charge is 2.28. The summed E-state index contributed by atoms with van der Waals surface area (Å²) in [6.45, 7) is 1.24. The zero-order valence-electron chi connectivity index (χ0n) is 9.03. The Hall–Kier alpha value is -1.42. The Morgan fingerprint density at radius 2 is 2.12 bits per heavy atom. The maximum absolute atomic E-state index is 12.7. The monoisotopic (exact) mass is 222 g/mol. The lowest BCUT2D eigenvalue weighted by molar-refractivity contribution is 0.0741. The summed E-state index contributed by atoms with van der Waals surface area (Å²) >= 11 is 0. The van der Waals surface area contributed by atoms with E-state index < -0.39 is 0 Å². The fraction of sp³-hybridized carbons (Fsp3) is 0.417. The summed E-state index contributed by atoms with van der Waals surface area (Å²) in [5.41, 5.74) is 6.14. The van der Waals surface area contributed by atoms with Gasteiger partial charge >= 0.3 is 0 Å². The smallest absolute Gasteiger partial charge is 0.254 e. The predicted octanol–water partition coefficient (Wildman–Crippen LogP) is 1.39. The van der Waals surface area contributed by atoms with Crippen LogP contribution in [0.3, 0.4) is 0 Å². The number of hydrogen-bond acceptors (Lipinski definition) is 2. The molecule has 1 aromatic rings. The van der Waals surface area contributed by atoms with Crippen LogP contribution in [0.1, 0.15) is 23.2 Å². The zero-order chi connectivity index (χ0) is 11.5. The first-order valence-corrected chi connectivity index (χ1v) is 5.49. The van der Waals surface area contributed by atoms with E-state index in [-0.39, 0.29) is 17.8 Å². The summed E-state index contributed by atoms with van der Waals surface area (Å²) < 4.78 is 12.7. The van der Waals surface area contributed by atoms with Crippen molar-refractivity contribution in [3.05, 3.63) is 35.6 Å². The van der Waals surface area contributed by atoms with E-state index in [4.69, 9.17) is 5.73 Å². The number of carbonyl (C=O) groups is 1. The molecule has 1 fully saturated rings. The van der Waals surface area contributed by atoms with Crippen LogP contribution in [0.4, 0.5) is 4.39 Å². The molecule has 3 nitrogen and oxygen atoms in total. The Bertz CT molecular complexity index is 377. The SMILES string of the molecule is NCC1CCCN1C(=O)c1ccc(F)cc1. The first kappa shape index (κ1) is 11.1. The Kier molecular flexibility index (Phi) is 3.19. The van der Waals surface area contributed by atoms with E-state index in [1.54, 1.807) is 4.90 Å². The third-order valence-electron chi connectivity index (χ3n) is 3.00. The Morgan fingerprint density at radius 3 is 2.75 bits per heavy atom. The molecule has 0 spiro atoms. The fourth-order valence-electron chi connectivity index (χ4n) is 2.11. The van der Waals surface area contributed by atoms with E-state index >= 15 is 0 Å². The number of carbonyl (C=O) groups excluding carboxylic acids is 1. The third-order valence-corrected chi connectivity index (χ3v) is 3.00. The molecule has 1 aliphatic rings. The van der Waals surface area contributed by atoms with Gasteiger partial charge in [0.05, 0.1) is 0 Å². The van der Waals surface area contributed by atoms with Gasteiger partial charge in [0.15, 0.2) is 0 Å². The lowest BCUT2D eigenvalue weighted by Gasteiger charge is -2.23. The first-order chi connectivity index (χ1) is 7.72. The van der Waals surface area contributed by atoms with Crippen molar-refractivity contribution >= 4 is 5.91 Å². The fourth-order valence-corrected chi connectivity index (χ4v) is 2.11. The van der Waals surface area contributed by atoms with E-state index in [0.717, 1.165) is 19.4 Å². The summed E-state index contributed by atoms with van der Waals surface area (Å²) in [5, 5.41) is 0. The molecule has 4 heteroatoms. The maximum Gasteiger partial charge on any atom is 0.254 e. The molecule has 0 aromatic heterocycles. The number of nitrogens with zero attached hydrogens (tertiary/aromatic N) is 1. The van der Waals surface area contributed by atoms with Crippen molar-refractivity contribution < 1.29 is 9.18 Å². The highest BCUT2D eigenvalue weighted by atomic mass is 19.1. The van der Waals surface area contributed by atoms with Crippen LogP contribution in [0, 0.1) is 5.82 Å². The van der Waals surface area contributed by atoms with Crippen LogP contribution >= 0.6 is 0 Å². The number of benzene rings is 1. The molecular weight excluding hydrogens is 207 g/mol. The van der Waals surface area contributed by atoms with Gasteiger partial charge < -0.3 is 10.6 Å². The van der Waals surface area contributed by atoms with Crippen molar-refractivity contribution in [3.8, 4) is 0 Å². The predicted molar refractivity (Wildman–Crippen MR) is 59.5 cm³/mol. The minimum atomic E-state index is -0.326. The molecule has 0 saturated carbocycles. The summed E-state index contributed by atoms with van der Waals surface area (Å²) in [7, 11) is 0. The number of amides is 1. The van der Waals surface area contributed by atoms with Gasteiger partial charge in [-0.15, -0.1) is 0 Å². The molecule has 1 unspecified atom stereocenters. The number of nitrogens with two attached hydrogens (primary N) is 1. The molecular formula is C12H15FN2O. The van der Waals surface area contributed by atoms with Crippen LogP contribution < -0.4 is 5.73 Å². The average molecular weight is 222 g/mol. The average Bonchev–Trinajstić information content (AvgIpc) is 2.77. The van der Waals surface area contributed by atoms with Gasteiger partial charge in [0.1, 0.15) is 5.82 Å². The molecule has 1 aliphatic heterocycles. The van der Waals surface area contributed by atoms with Crippen molar-refractivity contribution in [2.75, 3.05) is 13.1 Å². The van der Waals surface area contributed by atoms with Gasteiger partial charge in [0, 0.05) is 24.7 Å². The number of likely N-dealkylation sites (tertiary alicyclic amines) is 1. The maximum atomic E-state index is 12.7. The van der Waals surface area contributed by atoms with Crippen molar-refractivity contribution in [2.24, 2.45) is 5.73 Å². The second-order valence-corrected chi connectivity index (χ2v) is 4.04. The molecule has 86 valence electrons. The normalized spacial score (nSPS) is 20.1. The molecule has 0 aliphatic carbocycles. The Balaban J connectivity index is 2.15. The zero-order valence-corrected chi connectivity index (χ0v) is 9.03. The van der Waals surface area contributed by atoms with Gasteiger partial charge in [0.2, 0.25) is 0 Å². The molecule has 1 aromatic carbocycles. The van der Waals surface area contributed by atoms with Gasteiger partial charge in [-0.05, 0) is 37.1 Å². The molecule has 1 amide bonds. The van der Waals surface area contributed by atoms with E-state index in [0.29, 0.717) is 12.1 Å². The van der Waals surface area contributed by atoms with E-state index in [2.05, 4.69) is 0 Å². The molecule has 1 heterocycles. The van der Waals surface area contributed by atoms with E-state index in [9.17, 15) is 9.18 Å². The molecule has 2 N–H and O–H groups in total. The van der Waals surface area contributed by atoms with Crippen molar-refractivity contribution in [1.29, 1.82) is 0 Å². The number of hydrogen-bond donors (Lipinski definition) is 1. The number of rotatable bonds is 2. The van der Waals surface area contributed by atoms with Crippen molar-refractivity contribution in [1.82, 2.24) is 4.90 Å². The molecule has 0 radical (unpaired) electrons. The second-order valence-electron chi connectivity index (χ2n) is 4.04. The molecule has 2 rings (SSSR count). The third kappa shape index (κ3) is 2.07. The van der Waals surface area contributed by atoms with Crippen LogP contribution in [0.5, 0.6) is 0 Å². The first-order valence-electron chi connectivity index (χ1n) is 5.49. The molecule has 16 heavy (non-hydrogen) atoms. The molecule has 1 saturated heterocycles. The quantitative estimate of drug-likeness (QED) is 0.822. The molecule has 0 bridgehead atoms. The second kappa shape index (κ2) is 4.61. The van der Waals surface area contributed by atoms with Crippen LogP contribution in [-0.4, -0.2) is 29.9 Å². The van der Waals surface area contributed by atoms with E-state index in [1.807, 2.05) is 0 Å². The summed E-state index contributed by atoms with van der Waals surface area (Å²) in [5.74, 6) is -0.374. The minimum absolute atomic E-state index is 0.0482. The van der Waals surface area contributed by atoms with Crippen molar-refractivity contribution in [3.63, 3.8) is 0 Å². The number of halogens is 1. The summed E-state index contributed by atoms with van der Waals surface area (Å²) in [6, 6.07) is 5.78. The Labute approximate surface area is 94.0 Å². The summed E-state index contributed by atoms with van der Waals surface area (Å²) in [6.07, 6.45) is 1.96. The van der Waals surface area contributed by atoms with Crippen LogP contribution in [-0.2, 0) is 0 Å². The van der Waals surface area contributed by atoms with Gasteiger partial charge in [-0.1, -0.05) is 0 Å². The summed E-state index contributed by atoms with van der Waals surface area (Å²) in [4.78, 5) is 13.9. The van der Waals surface area contributed by atoms with Gasteiger partial charge in [-0.25, -0.2) is 4.39 Å². The lowest BCUT2D eigenvalue weighted by atomic mass is 10.1. The minimum Gasteiger partial charge on any atom is -0.334 e. The van der Waals surface area contributed by atoms with Crippen LogP contribution in [0.2, 0.25) is 0 Å². The highest BCUT2D eigenvalue weighted by molar-refractivity contribution is 5.94. The molecule has 1 atom stereocenters. The van der Waals surface area contributed by atoms with E-state index in [1.165, 1.54) is 24.3 Å². The van der Waals surface area contributed by atoms with Crippen molar-refractivity contribution in [2.45, 2.75) is 18.9 Å². The Morgan fingerprint density at radius 1 is 1.44 bits per heavy atom. The highest BCUT2D eigenvalue weighted by Crippen LogP contribution is 2.19. The topological polar surface area (TPSA) is 46.3 Å². The largest absolute Gasteiger partial charge is 0.334 e. The van der Waals surface area contributed by atoms with Crippen LogP contribution in [0.25, 0.3) is 0 Å². The van der Waals surface area contributed by atoms with Crippen LogP contribution in [0.15, 0.2) is 24.3 Å². The van der Waals surface area contributed by atoms with Gasteiger partial charge in [0.25, 0.3) is 5.91 Å². The van der Waals surface area contributed by atoms with Gasteiger partial charge in [-0.3, -0.25) is 4.79 Å². The lowest BCUT2D eigenvalue weighted by Crippen LogP contribution is -2.39. The van der Waals surface area contributed by atoms with Gasteiger partial charge in [-0.2, -0.15) is 0 Å².